The highest BCUT2D eigenvalue weighted by Crippen LogP contribution is 2.41. The summed E-state index contributed by atoms with van der Waals surface area (Å²) in [5.41, 5.74) is 2.35. The monoisotopic (exact) mass is 368 g/mol. The highest BCUT2D eigenvalue weighted by molar-refractivity contribution is 5.33. The Bertz CT molecular complexity index is 809. The van der Waals surface area contributed by atoms with Crippen LogP contribution in [0.25, 0.3) is 0 Å². The molecule has 0 spiro atoms. The van der Waals surface area contributed by atoms with Gasteiger partial charge in [0.2, 0.25) is 0 Å². The van der Waals surface area contributed by atoms with E-state index < -0.39 is 0 Å². The van der Waals surface area contributed by atoms with E-state index in [1.165, 1.54) is 5.57 Å². The topological polar surface area (TPSA) is 46.5 Å². The Morgan fingerprint density at radius 2 is 1.56 bits per heavy atom. The molecular weight excluding hydrogens is 336 g/mol. The number of aliphatic hydroxyl groups excluding tert-OH is 1. The molecule has 0 saturated heterocycles. The number of aliphatic hydroxyl groups is 1. The molecule has 0 saturated carbocycles. The lowest BCUT2D eigenvalue weighted by Gasteiger charge is -2.28. The van der Waals surface area contributed by atoms with Gasteiger partial charge >= 0.3 is 0 Å². The van der Waals surface area contributed by atoms with Gasteiger partial charge in [0.05, 0.1) is 12.9 Å². The Balaban J connectivity index is 1.79. The first-order chi connectivity index (χ1) is 12.9. The van der Waals surface area contributed by atoms with Crippen molar-refractivity contribution in [3.8, 4) is 0 Å². The first-order valence-electron chi connectivity index (χ1n) is 10.0. The van der Waals surface area contributed by atoms with Crippen LogP contribution in [0.3, 0.4) is 0 Å². The van der Waals surface area contributed by atoms with Crippen molar-refractivity contribution in [3.63, 3.8) is 0 Å². The number of hydrogen-bond donors (Lipinski definition) is 1. The standard InChI is InChI=1S/C24H32O3/c1-5-23(3,15-18-9-10-19(14-18)17-25)21-11-12-22(27-21)24(4,6-2)16-20-8-7-13-26-20/h7-13,25H,5-6,14-17H2,1-4H3. The van der Waals surface area contributed by atoms with Crippen molar-refractivity contribution in [2.45, 2.75) is 70.6 Å². The first-order valence-corrected chi connectivity index (χ1v) is 10.0. The molecular formula is C24H32O3. The van der Waals surface area contributed by atoms with Crippen LogP contribution in [0.4, 0.5) is 0 Å². The molecule has 2 heterocycles. The molecule has 0 amide bonds. The average Bonchev–Trinajstić information content (AvgIpc) is 3.43. The van der Waals surface area contributed by atoms with Gasteiger partial charge in [-0.3, -0.25) is 0 Å². The molecule has 3 rings (SSSR count). The maximum absolute atomic E-state index is 9.35. The van der Waals surface area contributed by atoms with Crippen molar-refractivity contribution in [2.75, 3.05) is 6.61 Å². The second-order valence-electron chi connectivity index (χ2n) is 8.41. The minimum absolute atomic E-state index is 0.0395. The van der Waals surface area contributed by atoms with Crippen LogP contribution in [0.1, 0.15) is 70.7 Å². The predicted octanol–water partition coefficient (Wildman–Crippen LogP) is 6.09. The second-order valence-corrected chi connectivity index (χ2v) is 8.41. The van der Waals surface area contributed by atoms with Crippen LogP contribution in [0.5, 0.6) is 0 Å². The molecule has 3 heteroatoms. The third-order valence-electron chi connectivity index (χ3n) is 6.33. The van der Waals surface area contributed by atoms with E-state index >= 15 is 0 Å². The van der Waals surface area contributed by atoms with Crippen LogP contribution < -0.4 is 0 Å². The summed E-state index contributed by atoms with van der Waals surface area (Å²) in [6.45, 7) is 9.10. The molecule has 0 aliphatic heterocycles. The quantitative estimate of drug-likeness (QED) is 0.582. The zero-order valence-electron chi connectivity index (χ0n) is 17.0. The molecule has 2 atom stereocenters. The van der Waals surface area contributed by atoms with Crippen molar-refractivity contribution in [1.29, 1.82) is 0 Å². The molecule has 1 aliphatic rings. The fourth-order valence-corrected chi connectivity index (χ4v) is 3.93. The third-order valence-corrected chi connectivity index (χ3v) is 6.33. The second kappa shape index (κ2) is 7.93. The fraction of sp³-hybridized carbons (Fsp3) is 0.500. The van der Waals surface area contributed by atoms with Gasteiger partial charge in [0, 0.05) is 17.3 Å². The van der Waals surface area contributed by atoms with Crippen molar-refractivity contribution in [1.82, 2.24) is 0 Å². The number of rotatable bonds is 9. The van der Waals surface area contributed by atoms with Gasteiger partial charge in [-0.05, 0) is 55.5 Å². The summed E-state index contributed by atoms with van der Waals surface area (Å²) in [6.07, 6.45) is 10.6. The van der Waals surface area contributed by atoms with E-state index in [0.29, 0.717) is 0 Å². The SMILES string of the molecule is CCC(C)(CC1=CC=C(CO)C1)c1ccc(C(C)(CC)Cc2ccco2)o1. The molecule has 2 aromatic rings. The largest absolute Gasteiger partial charge is 0.469 e. The molecule has 0 radical (unpaired) electrons. The van der Waals surface area contributed by atoms with Crippen LogP contribution in [-0.2, 0) is 17.3 Å². The van der Waals surface area contributed by atoms with Crippen LogP contribution in [-0.4, -0.2) is 11.7 Å². The highest BCUT2D eigenvalue weighted by Gasteiger charge is 2.34. The molecule has 27 heavy (non-hydrogen) atoms. The summed E-state index contributed by atoms with van der Waals surface area (Å²) in [6, 6.07) is 8.28. The Morgan fingerprint density at radius 3 is 2.07 bits per heavy atom. The first kappa shape index (κ1) is 19.8. The summed E-state index contributed by atoms with van der Waals surface area (Å²) in [4.78, 5) is 0. The Morgan fingerprint density at radius 1 is 0.926 bits per heavy atom. The van der Waals surface area contributed by atoms with Crippen LogP contribution in [0.15, 0.2) is 62.7 Å². The summed E-state index contributed by atoms with van der Waals surface area (Å²) >= 11 is 0. The van der Waals surface area contributed by atoms with E-state index in [0.717, 1.165) is 55.0 Å². The molecule has 1 N–H and O–H groups in total. The zero-order chi connectivity index (χ0) is 19.5. The molecule has 0 bridgehead atoms. The van der Waals surface area contributed by atoms with Crippen LogP contribution in [0.2, 0.25) is 0 Å². The van der Waals surface area contributed by atoms with E-state index in [-0.39, 0.29) is 17.4 Å². The zero-order valence-corrected chi connectivity index (χ0v) is 17.0. The molecule has 2 aromatic heterocycles. The van der Waals surface area contributed by atoms with Crippen molar-refractivity contribution in [2.24, 2.45) is 0 Å². The van der Waals surface area contributed by atoms with Gasteiger partial charge in [-0.25, -0.2) is 0 Å². The minimum Gasteiger partial charge on any atom is -0.469 e. The van der Waals surface area contributed by atoms with Gasteiger partial charge in [-0.2, -0.15) is 0 Å². The van der Waals surface area contributed by atoms with E-state index in [1.807, 2.05) is 12.1 Å². The lowest BCUT2D eigenvalue weighted by molar-refractivity contribution is 0.278. The van der Waals surface area contributed by atoms with E-state index in [9.17, 15) is 5.11 Å². The Kier molecular flexibility index (Phi) is 5.81. The fourth-order valence-electron chi connectivity index (χ4n) is 3.93. The lowest BCUT2D eigenvalue weighted by Crippen LogP contribution is -2.24. The van der Waals surface area contributed by atoms with Crippen molar-refractivity contribution in [3.05, 3.63) is 71.1 Å². The molecule has 2 unspecified atom stereocenters. The van der Waals surface area contributed by atoms with Gasteiger partial charge < -0.3 is 13.9 Å². The number of hydrogen-bond acceptors (Lipinski definition) is 3. The van der Waals surface area contributed by atoms with E-state index in [2.05, 4.69) is 52.0 Å². The maximum atomic E-state index is 9.35. The molecule has 3 nitrogen and oxygen atoms in total. The van der Waals surface area contributed by atoms with Gasteiger partial charge in [-0.15, -0.1) is 0 Å². The number of allylic oxidation sites excluding steroid dienone is 3. The van der Waals surface area contributed by atoms with E-state index in [4.69, 9.17) is 8.83 Å². The summed E-state index contributed by atoms with van der Waals surface area (Å²) in [5.74, 6) is 3.08. The molecule has 1 aliphatic carbocycles. The summed E-state index contributed by atoms with van der Waals surface area (Å²) in [7, 11) is 0. The molecule has 146 valence electrons. The molecule has 0 aromatic carbocycles. The van der Waals surface area contributed by atoms with Crippen molar-refractivity contribution < 1.29 is 13.9 Å². The van der Waals surface area contributed by atoms with Crippen molar-refractivity contribution >= 4 is 0 Å². The molecule has 0 fully saturated rings. The van der Waals surface area contributed by atoms with Crippen LogP contribution >= 0.6 is 0 Å². The average molecular weight is 369 g/mol. The Hall–Kier alpha value is -2.00. The van der Waals surface area contributed by atoms with E-state index in [1.54, 1.807) is 6.26 Å². The minimum atomic E-state index is -0.0804. The van der Waals surface area contributed by atoms with Crippen LogP contribution in [0, 0.1) is 0 Å². The summed E-state index contributed by atoms with van der Waals surface area (Å²) in [5, 5.41) is 9.35. The third kappa shape index (κ3) is 4.14. The van der Waals surface area contributed by atoms with Gasteiger partial charge in [0.25, 0.3) is 0 Å². The van der Waals surface area contributed by atoms with Gasteiger partial charge in [-0.1, -0.05) is 45.4 Å². The van der Waals surface area contributed by atoms with Gasteiger partial charge in [0.1, 0.15) is 17.3 Å². The lowest BCUT2D eigenvalue weighted by atomic mass is 9.78. The number of furan rings is 2. The Labute approximate surface area is 162 Å². The van der Waals surface area contributed by atoms with Gasteiger partial charge in [0.15, 0.2) is 0 Å². The smallest absolute Gasteiger partial charge is 0.110 e. The predicted molar refractivity (Wildman–Crippen MR) is 109 cm³/mol. The summed E-state index contributed by atoms with van der Waals surface area (Å²) < 4.78 is 12.1. The maximum Gasteiger partial charge on any atom is 0.110 e. The normalized spacial score (nSPS) is 18.7. The highest BCUT2D eigenvalue weighted by atomic mass is 16.3.